The van der Waals surface area contributed by atoms with Gasteiger partial charge in [0.15, 0.2) is 5.82 Å². The van der Waals surface area contributed by atoms with Crippen molar-refractivity contribution in [1.29, 1.82) is 0 Å². The Morgan fingerprint density at radius 1 is 0.306 bits per heavy atom. The highest BCUT2D eigenvalue weighted by atomic mass is 15.3. The molecule has 5 nitrogen and oxygen atoms in total. The van der Waals surface area contributed by atoms with Gasteiger partial charge in [0.25, 0.3) is 0 Å². The highest BCUT2D eigenvalue weighted by Crippen LogP contribution is 2.39. The number of benzene rings is 9. The van der Waals surface area contributed by atoms with Gasteiger partial charge in [-0.1, -0.05) is 176 Å². The van der Waals surface area contributed by atoms with Gasteiger partial charge in [-0.15, -0.1) is 0 Å². The van der Waals surface area contributed by atoms with E-state index in [9.17, 15) is 5.48 Å². The van der Waals surface area contributed by atoms with Crippen LogP contribution in [0.4, 0.5) is 0 Å². The summed E-state index contributed by atoms with van der Waals surface area (Å²) in [5.74, 6) is -1.12. The Hall–Kier alpha value is -8.41. The van der Waals surface area contributed by atoms with E-state index in [1.807, 2.05) is 109 Å². The molecule has 0 amide bonds. The van der Waals surface area contributed by atoms with E-state index in [0.717, 1.165) is 42.5 Å². The number of fused-ring (bicyclic) bond motifs is 6. The van der Waals surface area contributed by atoms with Crippen LogP contribution in [0.25, 0.3) is 111 Å². The van der Waals surface area contributed by atoms with Gasteiger partial charge in [0.2, 0.25) is 11.9 Å². The lowest BCUT2D eigenvalue weighted by molar-refractivity contribution is 0.893. The average molecular weight is 808 g/mol. The van der Waals surface area contributed by atoms with Crippen LogP contribution in [0, 0.1) is 0 Å². The molecule has 0 saturated carbocycles. The van der Waals surface area contributed by atoms with Crippen LogP contribution >= 0.6 is 0 Å². The maximum Gasteiger partial charge on any atom is 0.240 e. The number of hydrogen-bond donors (Lipinski definition) is 0. The minimum Gasteiger partial charge on any atom is -0.278 e. The summed E-state index contributed by atoms with van der Waals surface area (Å²) in [5.41, 5.74) is 5.81. The molecular formula is C57H37N5. The Balaban J connectivity index is 1.24. The maximum absolute atomic E-state index is 9.33. The second-order valence-electron chi connectivity index (χ2n) is 14.5. The van der Waals surface area contributed by atoms with Crippen LogP contribution < -0.4 is 0 Å². The molecule has 0 aliphatic carbocycles. The molecular weight excluding hydrogens is 755 g/mol. The molecule has 12 rings (SSSR count). The van der Waals surface area contributed by atoms with Gasteiger partial charge in [-0.2, -0.15) is 15.0 Å². The smallest absolute Gasteiger partial charge is 0.240 e. The third-order valence-electron chi connectivity index (χ3n) is 10.9. The molecule has 0 bridgehead atoms. The topological polar surface area (TPSA) is 48.5 Å². The van der Waals surface area contributed by atoms with E-state index in [4.69, 9.17) is 31.4 Å². The van der Waals surface area contributed by atoms with Gasteiger partial charge in [-0.05, 0) is 92.9 Å². The van der Waals surface area contributed by atoms with Crippen molar-refractivity contribution in [1.82, 2.24) is 24.1 Å². The Bertz CT molecular complexity index is 4250. The van der Waals surface area contributed by atoms with Crippen molar-refractivity contribution in [2.24, 2.45) is 0 Å². The zero-order valence-electron chi connectivity index (χ0n) is 48.4. The maximum atomic E-state index is 9.33. The van der Waals surface area contributed by atoms with Crippen LogP contribution in [0.1, 0.15) is 21.9 Å². The number of nitrogens with zero attached hydrogens (tertiary/aromatic N) is 5. The number of rotatable bonds is 7. The number of hydrogen-bond acceptors (Lipinski definition) is 3. The number of para-hydroxylation sites is 4. The summed E-state index contributed by atoms with van der Waals surface area (Å²) >= 11 is 0. The van der Waals surface area contributed by atoms with Crippen LogP contribution in [0.3, 0.4) is 0 Å². The molecule has 0 spiro atoms. The molecule has 0 fully saturated rings. The third-order valence-corrected chi connectivity index (χ3v) is 10.9. The fourth-order valence-electron chi connectivity index (χ4n) is 8.12. The van der Waals surface area contributed by atoms with E-state index in [2.05, 4.69) is 12.1 Å². The molecule has 3 aromatic heterocycles. The summed E-state index contributed by atoms with van der Waals surface area (Å²) in [6, 6.07) is 30.5. The highest BCUT2D eigenvalue weighted by molar-refractivity contribution is 6.10. The molecule has 0 atom stereocenters. The Morgan fingerprint density at radius 3 is 1.19 bits per heavy atom. The summed E-state index contributed by atoms with van der Waals surface area (Å²) < 4.78 is 146. The summed E-state index contributed by atoms with van der Waals surface area (Å²) in [6.07, 6.45) is 0. The predicted molar refractivity (Wildman–Crippen MR) is 256 cm³/mol. The van der Waals surface area contributed by atoms with E-state index in [1.165, 1.54) is 0 Å². The van der Waals surface area contributed by atoms with Gasteiger partial charge in [-0.3, -0.25) is 9.13 Å². The molecule has 0 unspecified atom stereocenters. The van der Waals surface area contributed by atoms with E-state index in [1.54, 1.807) is 6.07 Å². The quantitative estimate of drug-likeness (QED) is 0.161. The monoisotopic (exact) mass is 807 g/mol. The predicted octanol–water partition coefficient (Wildman–Crippen LogP) is 14.4. The van der Waals surface area contributed by atoms with Crippen LogP contribution in [0.2, 0.25) is 0 Å². The molecule has 0 aliphatic rings. The Morgan fingerprint density at radius 2 is 0.677 bits per heavy atom. The van der Waals surface area contributed by atoms with Gasteiger partial charge >= 0.3 is 0 Å². The van der Waals surface area contributed by atoms with Crippen molar-refractivity contribution in [3.63, 3.8) is 0 Å². The average Bonchev–Trinajstić information content (AvgIpc) is 4.27. The summed E-state index contributed by atoms with van der Waals surface area (Å²) in [5, 5.41) is -1.08. The van der Waals surface area contributed by atoms with Crippen molar-refractivity contribution in [3.8, 4) is 67.8 Å². The van der Waals surface area contributed by atoms with Gasteiger partial charge in [0.1, 0.15) is 0 Å². The standard InChI is InChI=1S/C57H37N5/c1-3-18-38(19-4-1)42-35-43(40-22-17-23-41(34-40)46-25-8-7-24-45(46)39-20-5-2-6-21-39)37-44(36-42)55-58-56(61-51-30-13-9-26-47(51)48-27-10-14-31-52(48)61)60-57(59-55)62-53-32-15-11-28-49(53)50-29-12-16-33-54(50)62/h1-37H/i9D,10D,11D,12D,13D,14D,15D,16D,26D,27D,28D,29D,30D,31D,32D,33D. The fraction of sp³-hybridized carbons (Fsp3) is 0. The van der Waals surface area contributed by atoms with E-state index < -0.39 is 109 Å². The van der Waals surface area contributed by atoms with Gasteiger partial charge < -0.3 is 0 Å². The Labute approximate surface area is 381 Å². The molecule has 62 heavy (non-hydrogen) atoms. The second kappa shape index (κ2) is 14.7. The summed E-state index contributed by atoms with van der Waals surface area (Å²) in [7, 11) is 0. The first-order valence-electron chi connectivity index (χ1n) is 27.6. The molecule has 290 valence electrons. The molecule has 5 heteroatoms. The minimum atomic E-state index is -0.704. The van der Waals surface area contributed by atoms with Crippen LogP contribution in [-0.4, -0.2) is 24.1 Å². The zero-order valence-corrected chi connectivity index (χ0v) is 32.4. The SMILES string of the molecule is [2H]c1c([2H])c([2H])c2c(c1[2H])c1c([2H])c([2H])c([2H])c([2H])c1n2-c1nc(-c2cc(-c3ccccc3)cc(-c3cccc(-c4ccccc4-c4ccccc4)c3)c2)nc(-n2c3c([2H])c([2H])c([2H])c([2H])c3c3c([2H])c([2H])c([2H])c([2H])c32)n1. The first kappa shape index (κ1) is 22.8. The molecule has 9 aromatic carbocycles. The zero-order chi connectivity index (χ0) is 54.9. The second-order valence-corrected chi connectivity index (χ2v) is 14.5. The van der Waals surface area contributed by atoms with Crippen LogP contribution in [0.15, 0.2) is 224 Å². The first-order chi connectivity index (χ1) is 37.4. The van der Waals surface area contributed by atoms with Crippen molar-refractivity contribution < 1.29 is 21.9 Å². The first-order valence-corrected chi connectivity index (χ1v) is 19.6. The lowest BCUT2D eigenvalue weighted by Gasteiger charge is -2.15. The molecule has 0 saturated heterocycles. The lowest BCUT2D eigenvalue weighted by atomic mass is 9.91. The Kier molecular flexibility index (Phi) is 5.41. The largest absolute Gasteiger partial charge is 0.278 e. The molecule has 0 N–H and O–H groups in total. The molecule has 3 heterocycles. The van der Waals surface area contributed by atoms with E-state index in [-0.39, 0.29) is 49.4 Å². The van der Waals surface area contributed by atoms with Crippen molar-refractivity contribution in [2.45, 2.75) is 0 Å². The molecule has 12 aromatic rings. The van der Waals surface area contributed by atoms with Gasteiger partial charge in [0, 0.05) is 27.1 Å². The van der Waals surface area contributed by atoms with Gasteiger partial charge in [-0.25, -0.2) is 0 Å². The van der Waals surface area contributed by atoms with E-state index in [0.29, 0.717) is 16.7 Å². The fourth-order valence-corrected chi connectivity index (χ4v) is 8.12. The third kappa shape index (κ3) is 5.98. The van der Waals surface area contributed by atoms with Crippen molar-refractivity contribution >= 4 is 43.6 Å². The van der Waals surface area contributed by atoms with Crippen molar-refractivity contribution in [3.05, 3.63) is 224 Å². The van der Waals surface area contributed by atoms with E-state index >= 15 is 0 Å². The summed E-state index contributed by atoms with van der Waals surface area (Å²) in [4.78, 5) is 14.9. The highest BCUT2D eigenvalue weighted by Gasteiger charge is 2.21. The van der Waals surface area contributed by atoms with Crippen LogP contribution in [0.5, 0.6) is 0 Å². The van der Waals surface area contributed by atoms with Gasteiger partial charge in [0.05, 0.1) is 44.0 Å². The lowest BCUT2D eigenvalue weighted by Crippen LogP contribution is -2.10. The summed E-state index contributed by atoms with van der Waals surface area (Å²) in [6.45, 7) is 0. The minimum absolute atomic E-state index is 0.159. The van der Waals surface area contributed by atoms with Crippen LogP contribution in [-0.2, 0) is 0 Å². The molecule has 0 aliphatic heterocycles. The normalized spacial score (nSPS) is 15.2. The van der Waals surface area contributed by atoms with Crippen molar-refractivity contribution in [2.75, 3.05) is 0 Å². The molecule has 0 radical (unpaired) electrons. The number of aromatic nitrogens is 5.